The van der Waals surface area contributed by atoms with Crippen LogP contribution in [0.25, 0.3) is 0 Å². The minimum atomic E-state index is -0.633. The lowest BCUT2D eigenvalue weighted by atomic mass is 10.2. The van der Waals surface area contributed by atoms with Crippen LogP contribution in [-0.4, -0.2) is 35.2 Å². The maximum Gasteiger partial charge on any atom is 0.312 e. The average Bonchev–Trinajstić information content (AvgIpc) is 2.65. The van der Waals surface area contributed by atoms with Crippen LogP contribution < -0.4 is 22.1 Å². The molecule has 0 aromatic carbocycles. The zero-order chi connectivity index (χ0) is 12.8. The second-order valence-electron chi connectivity index (χ2n) is 3.36. The van der Waals surface area contributed by atoms with E-state index < -0.39 is 6.03 Å². The molecule has 0 spiro atoms. The number of carbonyl (C=O) groups is 2. The Bertz CT molecular complexity index is 414. The van der Waals surface area contributed by atoms with E-state index in [1.807, 2.05) is 6.92 Å². The molecule has 0 aliphatic heterocycles. The number of aromatic amines is 1. The summed E-state index contributed by atoms with van der Waals surface area (Å²) in [4.78, 5) is 22.0. The molecule has 0 radical (unpaired) electrons. The molecule has 0 bridgehead atoms. The second-order valence-corrected chi connectivity index (χ2v) is 3.36. The molecule has 8 heteroatoms. The smallest absolute Gasteiger partial charge is 0.312 e. The lowest BCUT2D eigenvalue weighted by Crippen LogP contribution is -2.37. The van der Waals surface area contributed by atoms with E-state index in [1.165, 1.54) is 0 Å². The molecule has 0 aliphatic carbocycles. The first-order chi connectivity index (χ1) is 8.06. The van der Waals surface area contributed by atoms with Crippen molar-refractivity contribution in [1.82, 2.24) is 20.8 Å². The maximum atomic E-state index is 11.6. The summed E-state index contributed by atoms with van der Waals surface area (Å²) in [5.74, 6) is -0.385. The van der Waals surface area contributed by atoms with E-state index in [-0.39, 0.29) is 24.7 Å². The topological polar surface area (TPSA) is 139 Å². The maximum absolute atomic E-state index is 11.6. The van der Waals surface area contributed by atoms with Crippen molar-refractivity contribution in [1.29, 1.82) is 0 Å². The predicted octanol–water partition coefficient (Wildman–Crippen LogP) is -1.05. The van der Waals surface area contributed by atoms with Gasteiger partial charge in [-0.15, -0.1) is 0 Å². The number of amides is 3. The van der Waals surface area contributed by atoms with Crippen LogP contribution in [0.15, 0.2) is 0 Å². The lowest BCUT2D eigenvalue weighted by Gasteiger charge is -2.04. The molecule has 1 aromatic heterocycles. The van der Waals surface area contributed by atoms with Gasteiger partial charge in [0, 0.05) is 13.1 Å². The summed E-state index contributed by atoms with van der Waals surface area (Å²) in [5, 5.41) is 11.4. The minimum absolute atomic E-state index is 0.168. The normalized spacial score (nSPS) is 9.94. The number of nitrogen functional groups attached to an aromatic ring is 1. The van der Waals surface area contributed by atoms with E-state index in [1.54, 1.807) is 0 Å². The minimum Gasteiger partial charge on any atom is -0.395 e. The first-order valence-electron chi connectivity index (χ1n) is 5.20. The van der Waals surface area contributed by atoms with Crippen molar-refractivity contribution >= 4 is 17.6 Å². The number of rotatable bonds is 5. The molecule has 0 fully saturated rings. The van der Waals surface area contributed by atoms with Crippen molar-refractivity contribution in [3.05, 3.63) is 11.4 Å². The van der Waals surface area contributed by atoms with Crippen molar-refractivity contribution in [2.24, 2.45) is 5.73 Å². The number of primary amides is 1. The van der Waals surface area contributed by atoms with Crippen LogP contribution in [0.4, 0.5) is 10.5 Å². The quantitative estimate of drug-likeness (QED) is 0.419. The van der Waals surface area contributed by atoms with Crippen LogP contribution in [0.1, 0.15) is 23.1 Å². The monoisotopic (exact) mass is 240 g/mol. The van der Waals surface area contributed by atoms with E-state index in [9.17, 15) is 9.59 Å². The van der Waals surface area contributed by atoms with E-state index >= 15 is 0 Å². The Morgan fingerprint density at radius 3 is 2.53 bits per heavy atom. The number of nitrogens with zero attached hydrogens (tertiary/aromatic N) is 1. The molecule has 8 nitrogen and oxygen atoms in total. The fourth-order valence-corrected chi connectivity index (χ4v) is 1.27. The number of aromatic nitrogens is 2. The summed E-state index contributed by atoms with van der Waals surface area (Å²) < 4.78 is 0. The zero-order valence-corrected chi connectivity index (χ0v) is 9.54. The number of carbonyl (C=O) groups excluding carboxylic acids is 2. The van der Waals surface area contributed by atoms with Crippen molar-refractivity contribution in [3.63, 3.8) is 0 Å². The molecule has 94 valence electrons. The first kappa shape index (κ1) is 12.8. The van der Waals surface area contributed by atoms with Crippen molar-refractivity contribution in [3.8, 4) is 0 Å². The van der Waals surface area contributed by atoms with E-state index in [2.05, 4.69) is 20.8 Å². The van der Waals surface area contributed by atoms with Gasteiger partial charge in [0.1, 0.15) is 0 Å². The number of aryl methyl sites for hydroxylation is 1. The van der Waals surface area contributed by atoms with Crippen LogP contribution in [0.2, 0.25) is 0 Å². The Morgan fingerprint density at radius 1 is 1.35 bits per heavy atom. The standard InChI is InChI=1S/C9H16N6O2/c1-2-5-6(10)7(15-14-5)8(16)12-3-4-13-9(11)17/h2-4,10H2,1H3,(H,12,16)(H,14,15)(H3,11,13,17). The largest absolute Gasteiger partial charge is 0.395 e. The Morgan fingerprint density at radius 2 is 2.00 bits per heavy atom. The average molecular weight is 240 g/mol. The summed E-state index contributed by atoms with van der Waals surface area (Å²) in [7, 11) is 0. The van der Waals surface area contributed by atoms with E-state index in [4.69, 9.17) is 11.5 Å². The molecule has 3 amide bonds. The molecule has 1 aromatic rings. The summed E-state index contributed by atoms with van der Waals surface area (Å²) >= 11 is 0. The number of hydrogen-bond donors (Lipinski definition) is 5. The van der Waals surface area contributed by atoms with Gasteiger partial charge >= 0.3 is 6.03 Å². The molecule has 17 heavy (non-hydrogen) atoms. The molecule has 1 heterocycles. The Labute approximate surface area is 98.1 Å². The van der Waals surface area contributed by atoms with Gasteiger partial charge in [-0.3, -0.25) is 9.89 Å². The highest BCUT2D eigenvalue weighted by atomic mass is 16.2. The van der Waals surface area contributed by atoms with Gasteiger partial charge in [0.2, 0.25) is 0 Å². The first-order valence-corrected chi connectivity index (χ1v) is 5.20. The number of nitrogens with two attached hydrogens (primary N) is 2. The van der Waals surface area contributed by atoms with Gasteiger partial charge in [-0.1, -0.05) is 6.92 Å². The highest BCUT2D eigenvalue weighted by Crippen LogP contribution is 2.13. The van der Waals surface area contributed by atoms with Crippen molar-refractivity contribution in [2.45, 2.75) is 13.3 Å². The molecule has 0 aliphatic rings. The Hall–Kier alpha value is -2.25. The van der Waals surface area contributed by atoms with Crippen LogP contribution in [0.3, 0.4) is 0 Å². The third-order valence-electron chi connectivity index (χ3n) is 2.16. The summed E-state index contributed by atoms with van der Waals surface area (Å²) in [6.07, 6.45) is 0.676. The summed E-state index contributed by atoms with van der Waals surface area (Å²) in [5.41, 5.74) is 11.8. The van der Waals surface area contributed by atoms with Gasteiger partial charge in [0.05, 0.1) is 11.4 Å². The molecular weight excluding hydrogens is 224 g/mol. The fraction of sp³-hybridized carbons (Fsp3) is 0.444. The SMILES string of the molecule is CCc1[nH]nc(C(=O)NCCNC(N)=O)c1N. The Kier molecular flexibility index (Phi) is 4.32. The van der Waals surface area contributed by atoms with E-state index in [0.29, 0.717) is 12.1 Å². The zero-order valence-electron chi connectivity index (χ0n) is 9.54. The number of urea groups is 1. The second kappa shape index (κ2) is 5.73. The number of nitrogens with one attached hydrogen (secondary N) is 3. The van der Waals surface area contributed by atoms with Crippen molar-refractivity contribution in [2.75, 3.05) is 18.8 Å². The molecule has 1 rings (SSSR count). The molecule has 0 saturated heterocycles. The molecule has 0 saturated carbocycles. The van der Waals surface area contributed by atoms with Gasteiger partial charge in [-0.2, -0.15) is 5.10 Å². The highest BCUT2D eigenvalue weighted by molar-refractivity contribution is 5.97. The van der Waals surface area contributed by atoms with E-state index in [0.717, 1.165) is 5.69 Å². The van der Waals surface area contributed by atoms with Gasteiger partial charge < -0.3 is 22.1 Å². The van der Waals surface area contributed by atoms with Gasteiger partial charge in [-0.25, -0.2) is 4.79 Å². The predicted molar refractivity (Wildman–Crippen MR) is 62.3 cm³/mol. The fourth-order valence-electron chi connectivity index (χ4n) is 1.27. The van der Waals surface area contributed by atoms with Gasteiger partial charge in [-0.05, 0) is 6.42 Å². The number of anilines is 1. The third kappa shape index (κ3) is 3.37. The molecular formula is C9H16N6O2. The molecule has 7 N–H and O–H groups in total. The van der Waals surface area contributed by atoms with Crippen LogP contribution in [0, 0.1) is 0 Å². The van der Waals surface area contributed by atoms with Crippen LogP contribution >= 0.6 is 0 Å². The molecule has 0 atom stereocenters. The summed E-state index contributed by atoms with van der Waals surface area (Å²) in [6.45, 7) is 2.42. The number of H-pyrrole nitrogens is 1. The number of hydrogen-bond acceptors (Lipinski definition) is 4. The highest BCUT2D eigenvalue weighted by Gasteiger charge is 2.15. The third-order valence-corrected chi connectivity index (χ3v) is 2.16. The molecule has 0 unspecified atom stereocenters. The van der Waals surface area contributed by atoms with Gasteiger partial charge in [0.15, 0.2) is 5.69 Å². The lowest BCUT2D eigenvalue weighted by molar-refractivity contribution is 0.0950. The Balaban J connectivity index is 2.47. The van der Waals surface area contributed by atoms with Crippen LogP contribution in [-0.2, 0) is 6.42 Å². The van der Waals surface area contributed by atoms with Crippen molar-refractivity contribution < 1.29 is 9.59 Å². The summed E-state index contributed by atoms with van der Waals surface area (Å²) in [6, 6.07) is -0.633. The van der Waals surface area contributed by atoms with Gasteiger partial charge in [0.25, 0.3) is 5.91 Å². The van der Waals surface area contributed by atoms with Crippen LogP contribution in [0.5, 0.6) is 0 Å².